The zero-order valence-corrected chi connectivity index (χ0v) is 19.9. The lowest BCUT2D eigenvalue weighted by molar-refractivity contribution is -0.952. The maximum atomic E-state index is 5.99. The third-order valence-corrected chi connectivity index (χ3v) is 6.00. The van der Waals surface area contributed by atoms with Crippen molar-refractivity contribution in [3.63, 3.8) is 0 Å². The number of likely N-dealkylation sites (N-methyl/N-ethyl adjacent to an activating group) is 1. The van der Waals surface area contributed by atoms with Crippen molar-refractivity contribution in [1.29, 1.82) is 0 Å². The summed E-state index contributed by atoms with van der Waals surface area (Å²) >= 11 is 0. The van der Waals surface area contributed by atoms with Crippen molar-refractivity contribution in [3.05, 3.63) is 66.2 Å². The molecule has 0 saturated heterocycles. The van der Waals surface area contributed by atoms with E-state index in [4.69, 9.17) is 9.47 Å². The van der Waals surface area contributed by atoms with Gasteiger partial charge in [0.2, 0.25) is 0 Å². The molecular weight excluding hydrogens is 370 g/mol. The minimum atomic E-state index is 0.0769. The van der Waals surface area contributed by atoms with E-state index in [0.717, 1.165) is 23.4 Å². The van der Waals surface area contributed by atoms with Crippen LogP contribution in [0, 0.1) is 11.8 Å². The molecule has 0 unspecified atom stereocenters. The highest BCUT2D eigenvalue weighted by atomic mass is 16.5. The number of benzene rings is 2. The maximum Gasteiger partial charge on any atom is 0.125 e. The zero-order valence-electron chi connectivity index (χ0n) is 19.9. The van der Waals surface area contributed by atoms with Gasteiger partial charge in [-0.2, -0.15) is 0 Å². The summed E-state index contributed by atoms with van der Waals surface area (Å²) < 4.78 is 12.7. The van der Waals surface area contributed by atoms with Crippen molar-refractivity contribution < 1.29 is 14.0 Å². The highest BCUT2D eigenvalue weighted by Gasteiger charge is 2.47. The van der Waals surface area contributed by atoms with Gasteiger partial charge in [0, 0.05) is 18.4 Å². The second-order valence-electron chi connectivity index (χ2n) is 9.78. The molecule has 0 spiro atoms. The average Bonchev–Trinajstić information content (AvgIpc) is 2.70. The Morgan fingerprint density at radius 1 is 0.733 bits per heavy atom. The Morgan fingerprint density at radius 2 is 1.27 bits per heavy atom. The molecule has 30 heavy (non-hydrogen) atoms. The van der Waals surface area contributed by atoms with E-state index in [1.54, 1.807) is 0 Å². The first kappa shape index (κ1) is 24.4. The monoisotopic (exact) mass is 412 g/mol. The fraction of sp³-hybridized carbons (Fsp3) is 0.556. The summed E-state index contributed by atoms with van der Waals surface area (Å²) in [6.45, 7) is 12.3. The van der Waals surface area contributed by atoms with Gasteiger partial charge in [0.1, 0.15) is 24.4 Å². The molecule has 0 saturated carbocycles. The van der Waals surface area contributed by atoms with E-state index in [1.165, 1.54) is 18.4 Å². The van der Waals surface area contributed by atoms with Crippen LogP contribution in [-0.2, 0) is 10.3 Å². The molecule has 3 nitrogen and oxygen atoms in total. The van der Waals surface area contributed by atoms with Crippen molar-refractivity contribution >= 4 is 0 Å². The van der Waals surface area contributed by atoms with Crippen LogP contribution in [0.3, 0.4) is 0 Å². The number of rotatable bonds is 13. The van der Waals surface area contributed by atoms with Gasteiger partial charge in [0.25, 0.3) is 0 Å². The van der Waals surface area contributed by atoms with Gasteiger partial charge in [-0.3, -0.25) is 0 Å². The van der Waals surface area contributed by atoms with E-state index in [0.29, 0.717) is 25.0 Å². The molecule has 0 fully saturated rings. The molecule has 0 bridgehead atoms. The minimum Gasteiger partial charge on any atom is -0.491 e. The first-order chi connectivity index (χ1) is 14.3. The molecule has 2 aromatic rings. The fourth-order valence-electron chi connectivity index (χ4n) is 4.61. The Hall–Kier alpha value is -1.84. The van der Waals surface area contributed by atoms with Crippen LogP contribution in [0.2, 0.25) is 0 Å². The van der Waals surface area contributed by atoms with Gasteiger partial charge in [0.15, 0.2) is 0 Å². The van der Waals surface area contributed by atoms with Gasteiger partial charge >= 0.3 is 0 Å². The summed E-state index contributed by atoms with van der Waals surface area (Å²) in [5, 5.41) is 0. The molecule has 0 atom stereocenters. The van der Waals surface area contributed by atoms with Gasteiger partial charge in [-0.1, -0.05) is 76.2 Å². The smallest absolute Gasteiger partial charge is 0.125 e. The number of hydrogen-bond acceptors (Lipinski definition) is 2. The van der Waals surface area contributed by atoms with Gasteiger partial charge in [-0.05, 0) is 24.0 Å². The van der Waals surface area contributed by atoms with E-state index in [1.807, 2.05) is 30.3 Å². The van der Waals surface area contributed by atoms with Crippen molar-refractivity contribution in [2.45, 2.75) is 46.1 Å². The predicted molar refractivity (Wildman–Crippen MR) is 127 cm³/mol. The summed E-state index contributed by atoms with van der Waals surface area (Å²) in [7, 11) is 4.75. The van der Waals surface area contributed by atoms with Crippen LogP contribution in [-0.4, -0.2) is 44.9 Å². The van der Waals surface area contributed by atoms with Crippen LogP contribution in [0.15, 0.2) is 60.7 Å². The van der Waals surface area contributed by atoms with E-state index < -0.39 is 0 Å². The Balaban J connectivity index is 2.04. The van der Waals surface area contributed by atoms with Crippen LogP contribution in [0.1, 0.15) is 46.1 Å². The van der Waals surface area contributed by atoms with E-state index in [-0.39, 0.29) is 5.54 Å². The molecule has 2 aromatic carbocycles. The second-order valence-corrected chi connectivity index (χ2v) is 9.78. The number of ether oxygens (including phenoxy) is 2. The molecule has 0 heterocycles. The lowest BCUT2D eigenvalue weighted by Gasteiger charge is -2.51. The SMILES string of the molecule is CC(C)CC(CC(C)C)(c1ccccc1)[N+](C)(C)CCOCCOc1ccccc1. The van der Waals surface area contributed by atoms with Crippen LogP contribution in [0.4, 0.5) is 0 Å². The molecule has 0 amide bonds. The number of para-hydroxylation sites is 1. The molecule has 0 aliphatic rings. The van der Waals surface area contributed by atoms with Crippen LogP contribution in [0.25, 0.3) is 0 Å². The zero-order chi connectivity index (χ0) is 22.0. The molecule has 2 rings (SSSR count). The highest BCUT2D eigenvalue weighted by molar-refractivity contribution is 5.23. The minimum absolute atomic E-state index is 0.0769. The predicted octanol–water partition coefficient (Wildman–Crippen LogP) is 6.15. The van der Waals surface area contributed by atoms with Gasteiger partial charge < -0.3 is 14.0 Å². The molecule has 0 N–H and O–H groups in total. The van der Waals surface area contributed by atoms with Crippen LogP contribution < -0.4 is 4.74 Å². The van der Waals surface area contributed by atoms with Crippen molar-refractivity contribution in [2.75, 3.05) is 40.5 Å². The third-order valence-electron chi connectivity index (χ3n) is 6.00. The number of hydrogen-bond donors (Lipinski definition) is 0. The van der Waals surface area contributed by atoms with E-state index in [2.05, 4.69) is 72.1 Å². The number of nitrogens with zero attached hydrogens (tertiary/aromatic N) is 1. The normalized spacial score (nSPS) is 12.5. The second kappa shape index (κ2) is 11.5. The first-order valence-electron chi connectivity index (χ1n) is 11.4. The van der Waals surface area contributed by atoms with Gasteiger partial charge in [0.05, 0.1) is 27.3 Å². The Bertz CT molecular complexity index is 700. The van der Waals surface area contributed by atoms with Crippen LogP contribution >= 0.6 is 0 Å². The average molecular weight is 413 g/mol. The van der Waals surface area contributed by atoms with E-state index in [9.17, 15) is 0 Å². The topological polar surface area (TPSA) is 18.5 Å². The Kier molecular flexibility index (Phi) is 9.38. The summed E-state index contributed by atoms with van der Waals surface area (Å²) in [6, 6.07) is 21.1. The molecule has 0 radical (unpaired) electrons. The molecule has 166 valence electrons. The quantitative estimate of drug-likeness (QED) is 0.290. The molecule has 3 heteroatoms. The fourth-order valence-corrected chi connectivity index (χ4v) is 4.61. The first-order valence-corrected chi connectivity index (χ1v) is 11.4. The van der Waals surface area contributed by atoms with Gasteiger partial charge in [-0.15, -0.1) is 0 Å². The molecule has 0 aliphatic carbocycles. The maximum absolute atomic E-state index is 5.99. The summed E-state index contributed by atoms with van der Waals surface area (Å²) in [5.41, 5.74) is 1.53. The van der Waals surface area contributed by atoms with Crippen molar-refractivity contribution in [1.82, 2.24) is 0 Å². The summed E-state index contributed by atoms with van der Waals surface area (Å²) in [4.78, 5) is 0. The third kappa shape index (κ3) is 6.85. The lowest BCUT2D eigenvalue weighted by atomic mass is 9.74. The van der Waals surface area contributed by atoms with Crippen molar-refractivity contribution in [3.8, 4) is 5.75 Å². The Labute approximate surface area is 184 Å². The van der Waals surface area contributed by atoms with Crippen molar-refractivity contribution in [2.24, 2.45) is 11.8 Å². The Morgan fingerprint density at radius 3 is 1.80 bits per heavy atom. The number of quaternary nitrogens is 1. The highest BCUT2D eigenvalue weighted by Crippen LogP contribution is 2.43. The molecule has 0 aromatic heterocycles. The summed E-state index contributed by atoms with van der Waals surface area (Å²) in [6.07, 6.45) is 2.33. The van der Waals surface area contributed by atoms with Crippen LogP contribution in [0.5, 0.6) is 5.75 Å². The van der Waals surface area contributed by atoms with E-state index >= 15 is 0 Å². The molecular formula is C27H42NO2+. The summed E-state index contributed by atoms with van der Waals surface area (Å²) in [5.74, 6) is 2.15. The standard InChI is InChI=1S/C27H42NO2/c1-23(2)21-27(22-24(3)4,25-13-9-7-10-14-25)28(5,6)17-18-29-19-20-30-26-15-11-8-12-16-26/h7-16,23-24H,17-22H2,1-6H3/q+1. The van der Waals surface area contributed by atoms with Gasteiger partial charge in [-0.25, -0.2) is 0 Å². The molecule has 0 aliphatic heterocycles. The lowest BCUT2D eigenvalue weighted by Crippen LogP contribution is -2.59. The largest absolute Gasteiger partial charge is 0.491 e.